The highest BCUT2D eigenvalue weighted by atomic mass is 19.1. The molecule has 2 aromatic carbocycles. The maximum absolute atomic E-state index is 14.4. The van der Waals surface area contributed by atoms with Crippen LogP contribution in [0.1, 0.15) is 65.5 Å². The van der Waals surface area contributed by atoms with Crippen LogP contribution in [0.3, 0.4) is 0 Å². The molecule has 2 aromatic rings. The first-order valence-electron chi connectivity index (χ1n) is 9.53. The molecule has 136 valence electrons. The van der Waals surface area contributed by atoms with Crippen LogP contribution in [-0.4, -0.2) is 18.3 Å². The van der Waals surface area contributed by atoms with Gasteiger partial charge in [0.15, 0.2) is 0 Å². The summed E-state index contributed by atoms with van der Waals surface area (Å²) in [6, 6.07) is 8.61. The monoisotopic (exact) mass is 350 g/mol. The highest BCUT2D eigenvalue weighted by molar-refractivity contribution is 5.75. The van der Waals surface area contributed by atoms with Crippen LogP contribution in [0.15, 0.2) is 29.3 Å². The number of aryl methyl sites for hydroxylation is 1. The minimum absolute atomic E-state index is 0.0922. The largest absolute Gasteiger partial charge is 0.352 e. The van der Waals surface area contributed by atoms with Gasteiger partial charge in [-0.3, -0.25) is 0 Å². The molecule has 2 nitrogen and oxygen atoms in total. The second-order valence-corrected chi connectivity index (χ2v) is 8.10. The van der Waals surface area contributed by atoms with Crippen LogP contribution in [0.5, 0.6) is 0 Å². The van der Waals surface area contributed by atoms with Gasteiger partial charge in [-0.15, -0.1) is 0 Å². The van der Waals surface area contributed by atoms with E-state index in [-0.39, 0.29) is 11.4 Å². The molecule has 2 aliphatic rings. The van der Waals surface area contributed by atoms with Crippen LogP contribution in [0.2, 0.25) is 0 Å². The number of fused-ring (bicyclic) bond motifs is 1. The number of nitrogens with zero attached hydrogens (tertiary/aromatic N) is 2. The number of rotatable bonds is 2. The molecule has 0 amide bonds. The highest BCUT2D eigenvalue weighted by Crippen LogP contribution is 2.49. The smallest absolute Gasteiger partial charge is 0.129 e. The molecule has 4 rings (SSSR count). The van der Waals surface area contributed by atoms with E-state index in [0.717, 1.165) is 22.4 Å². The number of aliphatic imine (C=N–C) groups is 1. The second kappa shape index (κ2) is 5.94. The molecule has 0 N–H and O–H groups in total. The lowest BCUT2D eigenvalue weighted by molar-refractivity contribution is 0.289. The molecule has 0 saturated heterocycles. The average Bonchev–Trinajstić information content (AvgIpc) is 2.58. The Morgan fingerprint density at radius 3 is 2.50 bits per heavy atom. The molecule has 0 aromatic heterocycles. The molecule has 26 heavy (non-hydrogen) atoms. The van der Waals surface area contributed by atoms with E-state index in [4.69, 9.17) is 4.99 Å². The van der Waals surface area contributed by atoms with Crippen LogP contribution in [0.4, 0.5) is 10.1 Å². The molecular weight excluding hydrogens is 323 g/mol. The molecule has 1 unspecified atom stereocenters. The maximum atomic E-state index is 14.4. The minimum Gasteiger partial charge on any atom is -0.352 e. The molecule has 3 heteroatoms. The Bertz CT molecular complexity index is 911. The fourth-order valence-electron chi connectivity index (χ4n) is 4.49. The SMILES string of the molecule is Cc1cc(C2(C)c3cccc(C4CCC4)c3N=CN2C)c(C)c(C)c1F. The third-order valence-electron chi connectivity index (χ3n) is 6.73. The number of benzene rings is 2. The normalized spacial score (nSPS) is 22.3. The summed E-state index contributed by atoms with van der Waals surface area (Å²) >= 11 is 0. The molecule has 1 heterocycles. The molecule has 1 atom stereocenters. The van der Waals surface area contributed by atoms with Crippen LogP contribution >= 0.6 is 0 Å². The van der Waals surface area contributed by atoms with Gasteiger partial charge < -0.3 is 4.90 Å². The van der Waals surface area contributed by atoms with E-state index < -0.39 is 0 Å². The van der Waals surface area contributed by atoms with Crippen LogP contribution < -0.4 is 0 Å². The van der Waals surface area contributed by atoms with Crippen molar-refractivity contribution >= 4 is 12.0 Å². The van der Waals surface area contributed by atoms with E-state index in [1.54, 1.807) is 0 Å². The second-order valence-electron chi connectivity index (χ2n) is 8.10. The maximum Gasteiger partial charge on any atom is 0.129 e. The Balaban J connectivity index is 1.97. The number of hydrogen-bond acceptors (Lipinski definition) is 2. The topological polar surface area (TPSA) is 15.6 Å². The summed E-state index contributed by atoms with van der Waals surface area (Å²) in [7, 11) is 2.07. The van der Waals surface area contributed by atoms with Crippen molar-refractivity contribution in [3.8, 4) is 0 Å². The van der Waals surface area contributed by atoms with Crippen molar-refractivity contribution in [2.75, 3.05) is 7.05 Å². The van der Waals surface area contributed by atoms with E-state index in [0.29, 0.717) is 11.5 Å². The zero-order chi connectivity index (χ0) is 18.6. The highest BCUT2D eigenvalue weighted by Gasteiger charge is 2.40. The molecule has 1 aliphatic heterocycles. The van der Waals surface area contributed by atoms with Crippen molar-refractivity contribution in [1.29, 1.82) is 0 Å². The van der Waals surface area contributed by atoms with Gasteiger partial charge >= 0.3 is 0 Å². The van der Waals surface area contributed by atoms with Crippen molar-refractivity contribution < 1.29 is 4.39 Å². The molecule has 1 saturated carbocycles. The fourth-order valence-corrected chi connectivity index (χ4v) is 4.49. The zero-order valence-corrected chi connectivity index (χ0v) is 16.4. The van der Waals surface area contributed by atoms with Gasteiger partial charge in [-0.1, -0.05) is 30.7 Å². The number of hydrogen-bond donors (Lipinski definition) is 0. The summed E-state index contributed by atoms with van der Waals surface area (Å²) < 4.78 is 14.4. The molecule has 1 fully saturated rings. The summed E-state index contributed by atoms with van der Waals surface area (Å²) in [5.74, 6) is 0.540. The average molecular weight is 350 g/mol. The lowest BCUT2D eigenvalue weighted by Gasteiger charge is -2.44. The molecule has 1 aliphatic carbocycles. The van der Waals surface area contributed by atoms with Crippen molar-refractivity contribution in [3.05, 3.63) is 63.5 Å². The number of halogens is 1. The van der Waals surface area contributed by atoms with Crippen LogP contribution in [0.25, 0.3) is 0 Å². The van der Waals surface area contributed by atoms with Crippen molar-refractivity contribution in [1.82, 2.24) is 4.90 Å². The number of para-hydroxylation sites is 1. The summed E-state index contributed by atoms with van der Waals surface area (Å²) in [4.78, 5) is 6.98. The van der Waals surface area contributed by atoms with Gasteiger partial charge in [-0.25, -0.2) is 9.38 Å². The Kier molecular flexibility index (Phi) is 3.94. The Hall–Kier alpha value is -2.16. The van der Waals surface area contributed by atoms with Gasteiger partial charge in [-0.05, 0) is 74.3 Å². The first-order chi connectivity index (χ1) is 12.4. The van der Waals surface area contributed by atoms with Crippen molar-refractivity contribution in [3.63, 3.8) is 0 Å². The molecule has 0 spiro atoms. The first-order valence-corrected chi connectivity index (χ1v) is 9.53. The van der Waals surface area contributed by atoms with Crippen molar-refractivity contribution in [2.24, 2.45) is 4.99 Å². The third-order valence-corrected chi connectivity index (χ3v) is 6.73. The van der Waals surface area contributed by atoms with Crippen LogP contribution in [-0.2, 0) is 5.54 Å². The summed E-state index contributed by atoms with van der Waals surface area (Å²) in [6.07, 6.45) is 5.77. The van der Waals surface area contributed by atoms with E-state index in [1.807, 2.05) is 33.2 Å². The van der Waals surface area contributed by atoms with E-state index in [1.165, 1.54) is 30.4 Å². The molecule has 0 bridgehead atoms. The van der Waals surface area contributed by atoms with Gasteiger partial charge in [0.1, 0.15) is 5.82 Å². The predicted molar refractivity (Wildman–Crippen MR) is 106 cm³/mol. The molecular formula is C23H27FN2. The Morgan fingerprint density at radius 1 is 1.12 bits per heavy atom. The fraction of sp³-hybridized carbons (Fsp3) is 0.435. The zero-order valence-electron chi connectivity index (χ0n) is 16.4. The minimum atomic E-state index is -0.357. The van der Waals surface area contributed by atoms with Gasteiger partial charge in [0, 0.05) is 12.6 Å². The predicted octanol–water partition coefficient (Wildman–Crippen LogP) is 5.89. The van der Waals surface area contributed by atoms with Crippen molar-refractivity contribution in [2.45, 2.75) is 58.4 Å². The first kappa shape index (κ1) is 17.3. The van der Waals surface area contributed by atoms with Crippen LogP contribution in [0, 0.1) is 26.6 Å². The van der Waals surface area contributed by atoms with Gasteiger partial charge in [0.2, 0.25) is 0 Å². The lowest BCUT2D eigenvalue weighted by atomic mass is 9.74. The van der Waals surface area contributed by atoms with Gasteiger partial charge in [0.25, 0.3) is 0 Å². The summed E-state index contributed by atoms with van der Waals surface area (Å²) in [5, 5.41) is 0. The Morgan fingerprint density at radius 2 is 1.85 bits per heavy atom. The van der Waals surface area contributed by atoms with E-state index >= 15 is 0 Å². The summed E-state index contributed by atoms with van der Waals surface area (Å²) in [5.41, 5.74) is 7.00. The lowest BCUT2D eigenvalue weighted by Crippen LogP contribution is -2.44. The van der Waals surface area contributed by atoms with E-state index in [2.05, 4.69) is 37.1 Å². The quantitative estimate of drug-likeness (QED) is 0.659. The summed E-state index contributed by atoms with van der Waals surface area (Å²) in [6.45, 7) is 8.01. The molecule has 0 radical (unpaired) electrons. The van der Waals surface area contributed by atoms with E-state index in [9.17, 15) is 4.39 Å². The van der Waals surface area contributed by atoms with Gasteiger partial charge in [0.05, 0.1) is 17.6 Å². The third kappa shape index (κ3) is 2.26. The van der Waals surface area contributed by atoms with Gasteiger partial charge in [-0.2, -0.15) is 0 Å². The Labute approximate surface area is 155 Å². The standard InChI is InChI=1S/C23H27FN2/c1-14-12-20(15(2)16(3)21(14)24)23(4)19-11-7-10-18(17-8-6-9-17)22(19)25-13-26(23)5/h7,10-13,17H,6,8-9H2,1-5H3.